The molecular weight excluding hydrogens is 250 g/mol. The number of pyridine rings is 1. The number of rotatable bonds is 7. The Kier molecular flexibility index (Phi) is 6.43. The topological polar surface area (TPSA) is 37.4 Å². The molecule has 1 aromatic heterocycles. The van der Waals surface area contributed by atoms with E-state index in [4.69, 9.17) is 4.74 Å². The van der Waals surface area contributed by atoms with E-state index in [9.17, 15) is 0 Å². The number of hydrogen-bond donors (Lipinski definition) is 1. The van der Waals surface area contributed by atoms with Gasteiger partial charge in [-0.1, -0.05) is 13.0 Å². The first-order valence-electron chi connectivity index (χ1n) is 7.74. The maximum Gasteiger partial charge on any atom is 0.0547 e. The second-order valence-electron chi connectivity index (χ2n) is 5.48. The van der Waals surface area contributed by atoms with Gasteiger partial charge in [0.15, 0.2) is 0 Å². The van der Waals surface area contributed by atoms with E-state index in [0.29, 0.717) is 6.04 Å². The molecule has 4 nitrogen and oxygen atoms in total. The van der Waals surface area contributed by atoms with Gasteiger partial charge in [-0.25, -0.2) is 0 Å². The summed E-state index contributed by atoms with van der Waals surface area (Å²) >= 11 is 0. The van der Waals surface area contributed by atoms with E-state index >= 15 is 0 Å². The quantitative estimate of drug-likeness (QED) is 0.827. The molecule has 0 radical (unpaired) electrons. The lowest BCUT2D eigenvalue weighted by molar-refractivity contribution is 0.0772. The number of ether oxygens (including phenoxy) is 1. The van der Waals surface area contributed by atoms with Gasteiger partial charge in [0.25, 0.3) is 0 Å². The minimum atomic E-state index is 0.638. The third-order valence-electron chi connectivity index (χ3n) is 3.86. The van der Waals surface area contributed by atoms with Crippen LogP contribution in [0.25, 0.3) is 0 Å². The van der Waals surface area contributed by atoms with E-state index in [-0.39, 0.29) is 0 Å². The maximum absolute atomic E-state index is 5.38. The lowest BCUT2D eigenvalue weighted by Crippen LogP contribution is -2.39. The number of hydrogen-bond acceptors (Lipinski definition) is 4. The van der Waals surface area contributed by atoms with Crippen molar-refractivity contribution in [1.82, 2.24) is 15.2 Å². The first-order valence-corrected chi connectivity index (χ1v) is 7.74. The van der Waals surface area contributed by atoms with Crippen molar-refractivity contribution >= 4 is 0 Å². The summed E-state index contributed by atoms with van der Waals surface area (Å²) in [6.45, 7) is 10.2. The molecule has 4 heteroatoms. The van der Waals surface area contributed by atoms with Crippen molar-refractivity contribution in [3.63, 3.8) is 0 Å². The highest BCUT2D eigenvalue weighted by Gasteiger charge is 2.13. The van der Waals surface area contributed by atoms with Crippen LogP contribution in [0.15, 0.2) is 18.2 Å². The van der Waals surface area contributed by atoms with Crippen molar-refractivity contribution in [1.29, 1.82) is 0 Å². The Balaban J connectivity index is 1.71. The van der Waals surface area contributed by atoms with Crippen LogP contribution in [-0.2, 0) is 11.3 Å². The Hall–Kier alpha value is -0.970. The predicted molar refractivity (Wildman–Crippen MR) is 81.8 cm³/mol. The van der Waals surface area contributed by atoms with Crippen molar-refractivity contribution in [2.45, 2.75) is 39.3 Å². The van der Waals surface area contributed by atoms with Crippen LogP contribution < -0.4 is 5.32 Å². The Morgan fingerprint density at radius 3 is 2.85 bits per heavy atom. The van der Waals surface area contributed by atoms with E-state index < -0.39 is 0 Å². The zero-order valence-electron chi connectivity index (χ0n) is 12.8. The van der Waals surface area contributed by atoms with Crippen LogP contribution in [0.5, 0.6) is 0 Å². The summed E-state index contributed by atoms with van der Waals surface area (Å²) in [5.74, 6) is 0. The average Bonchev–Trinajstić information content (AvgIpc) is 2.47. The monoisotopic (exact) mass is 277 g/mol. The normalized spacial score (nSPS) is 16.8. The fourth-order valence-electron chi connectivity index (χ4n) is 2.59. The first-order chi connectivity index (χ1) is 9.78. The molecule has 0 amide bonds. The molecule has 20 heavy (non-hydrogen) atoms. The summed E-state index contributed by atoms with van der Waals surface area (Å²) in [4.78, 5) is 7.02. The molecule has 2 rings (SSSR count). The predicted octanol–water partition coefficient (Wildman–Crippen LogP) is 1.98. The molecule has 1 aromatic rings. The molecule has 112 valence electrons. The standard InChI is InChI=1S/C16H27N3O/c1-3-19(13-16-6-4-5-14(2)18-16)10-9-17-15-7-11-20-12-8-15/h4-6,15,17H,3,7-13H2,1-2H3. The van der Waals surface area contributed by atoms with Gasteiger partial charge in [-0.3, -0.25) is 9.88 Å². The van der Waals surface area contributed by atoms with E-state index in [2.05, 4.69) is 34.3 Å². The minimum Gasteiger partial charge on any atom is -0.381 e. The van der Waals surface area contributed by atoms with Gasteiger partial charge in [0.1, 0.15) is 0 Å². The number of nitrogens with zero attached hydrogens (tertiary/aromatic N) is 2. The number of likely N-dealkylation sites (N-methyl/N-ethyl adjacent to an activating group) is 1. The Labute approximate surface area is 122 Å². The zero-order valence-corrected chi connectivity index (χ0v) is 12.8. The van der Waals surface area contributed by atoms with Gasteiger partial charge in [-0.2, -0.15) is 0 Å². The SMILES string of the molecule is CCN(CCNC1CCOCC1)Cc1cccc(C)n1. The van der Waals surface area contributed by atoms with Crippen molar-refractivity contribution < 1.29 is 4.74 Å². The van der Waals surface area contributed by atoms with Crippen LogP contribution in [0.3, 0.4) is 0 Å². The average molecular weight is 277 g/mol. The molecule has 0 atom stereocenters. The third-order valence-corrected chi connectivity index (χ3v) is 3.86. The van der Waals surface area contributed by atoms with Crippen molar-refractivity contribution in [3.05, 3.63) is 29.6 Å². The van der Waals surface area contributed by atoms with Crippen LogP contribution >= 0.6 is 0 Å². The van der Waals surface area contributed by atoms with Crippen molar-refractivity contribution in [3.8, 4) is 0 Å². The molecule has 0 unspecified atom stereocenters. The summed E-state index contributed by atoms with van der Waals surface area (Å²) in [5.41, 5.74) is 2.26. The van der Waals surface area contributed by atoms with E-state index in [1.54, 1.807) is 0 Å². The molecule has 1 aliphatic rings. The third kappa shape index (κ3) is 5.19. The van der Waals surface area contributed by atoms with Crippen LogP contribution in [0.2, 0.25) is 0 Å². The number of nitrogens with one attached hydrogen (secondary N) is 1. The molecule has 0 aromatic carbocycles. The first kappa shape index (κ1) is 15.4. The van der Waals surface area contributed by atoms with Crippen LogP contribution in [-0.4, -0.2) is 48.8 Å². The van der Waals surface area contributed by atoms with Gasteiger partial charge in [-0.05, 0) is 38.4 Å². The second kappa shape index (κ2) is 8.35. The lowest BCUT2D eigenvalue weighted by atomic mass is 10.1. The van der Waals surface area contributed by atoms with Gasteiger partial charge in [0, 0.05) is 44.6 Å². The smallest absolute Gasteiger partial charge is 0.0547 e. The van der Waals surface area contributed by atoms with Crippen molar-refractivity contribution in [2.75, 3.05) is 32.8 Å². The van der Waals surface area contributed by atoms with Gasteiger partial charge in [0.2, 0.25) is 0 Å². The number of aryl methyl sites for hydroxylation is 1. The Morgan fingerprint density at radius 2 is 2.15 bits per heavy atom. The highest BCUT2D eigenvalue weighted by Crippen LogP contribution is 2.06. The summed E-state index contributed by atoms with van der Waals surface area (Å²) in [7, 11) is 0. The molecule has 0 spiro atoms. The summed E-state index contributed by atoms with van der Waals surface area (Å²) in [6, 6.07) is 6.89. The maximum atomic E-state index is 5.38. The molecule has 1 saturated heterocycles. The van der Waals surface area contributed by atoms with Crippen LogP contribution in [0, 0.1) is 6.92 Å². The van der Waals surface area contributed by atoms with E-state index in [1.165, 1.54) is 0 Å². The molecule has 0 bridgehead atoms. The molecule has 0 aliphatic carbocycles. The van der Waals surface area contributed by atoms with E-state index in [1.807, 2.05) is 13.0 Å². The second-order valence-corrected chi connectivity index (χ2v) is 5.48. The molecule has 0 saturated carbocycles. The highest BCUT2D eigenvalue weighted by molar-refractivity contribution is 5.09. The molecule has 1 aliphatic heterocycles. The van der Waals surface area contributed by atoms with Gasteiger partial charge < -0.3 is 10.1 Å². The Morgan fingerprint density at radius 1 is 1.35 bits per heavy atom. The number of aromatic nitrogens is 1. The zero-order chi connectivity index (χ0) is 14.2. The lowest BCUT2D eigenvalue weighted by Gasteiger charge is -2.25. The fourth-order valence-corrected chi connectivity index (χ4v) is 2.59. The summed E-state index contributed by atoms with van der Waals surface area (Å²) in [6.07, 6.45) is 2.29. The molecule has 1 N–H and O–H groups in total. The van der Waals surface area contributed by atoms with Gasteiger partial charge in [-0.15, -0.1) is 0 Å². The van der Waals surface area contributed by atoms with Crippen LogP contribution in [0.4, 0.5) is 0 Å². The van der Waals surface area contributed by atoms with Crippen molar-refractivity contribution in [2.24, 2.45) is 0 Å². The molecule has 2 heterocycles. The summed E-state index contributed by atoms with van der Waals surface area (Å²) < 4.78 is 5.38. The van der Waals surface area contributed by atoms with Gasteiger partial charge >= 0.3 is 0 Å². The van der Waals surface area contributed by atoms with Crippen LogP contribution in [0.1, 0.15) is 31.2 Å². The minimum absolute atomic E-state index is 0.638. The largest absolute Gasteiger partial charge is 0.381 e. The highest BCUT2D eigenvalue weighted by atomic mass is 16.5. The molecular formula is C16H27N3O. The Bertz CT molecular complexity index is 391. The van der Waals surface area contributed by atoms with Gasteiger partial charge in [0.05, 0.1) is 5.69 Å². The van der Waals surface area contributed by atoms with E-state index in [0.717, 1.165) is 63.6 Å². The fraction of sp³-hybridized carbons (Fsp3) is 0.688. The summed E-state index contributed by atoms with van der Waals surface area (Å²) in [5, 5.41) is 3.64. The molecule has 1 fully saturated rings.